The number of ether oxygens (including phenoxy) is 1. The number of carbonyl (C=O) groups is 1. The number of halogens is 1. The Morgan fingerprint density at radius 2 is 1.70 bits per heavy atom. The summed E-state index contributed by atoms with van der Waals surface area (Å²) in [4.78, 5) is 11.6. The number of benzene rings is 2. The summed E-state index contributed by atoms with van der Waals surface area (Å²) in [6.45, 7) is 7.89. The molecule has 1 N–H and O–H groups in total. The van der Waals surface area contributed by atoms with Crippen LogP contribution < -0.4 is 4.74 Å². The van der Waals surface area contributed by atoms with Gasteiger partial charge in [0.15, 0.2) is 6.10 Å². The molecule has 4 heteroatoms. The van der Waals surface area contributed by atoms with Crippen LogP contribution in [0.3, 0.4) is 0 Å². The maximum atomic E-state index is 11.6. The number of hydrogen-bond acceptors (Lipinski definition) is 2. The zero-order valence-electron chi connectivity index (χ0n) is 13.8. The topological polar surface area (TPSA) is 46.5 Å². The fraction of sp³-hybridized carbons (Fsp3) is 0.316. The zero-order chi connectivity index (χ0) is 17.1. The number of rotatable bonds is 5. The maximum absolute atomic E-state index is 11.6. The second kappa shape index (κ2) is 7.05. The van der Waals surface area contributed by atoms with E-state index < -0.39 is 12.1 Å². The van der Waals surface area contributed by atoms with Crippen LogP contribution in [-0.4, -0.2) is 17.2 Å². The van der Waals surface area contributed by atoms with Crippen molar-refractivity contribution in [2.75, 3.05) is 0 Å². The highest BCUT2D eigenvalue weighted by Gasteiger charge is 2.22. The monoisotopic (exact) mass is 332 g/mol. The van der Waals surface area contributed by atoms with E-state index in [0.29, 0.717) is 17.2 Å². The Bertz CT molecular complexity index is 714. The van der Waals surface area contributed by atoms with Gasteiger partial charge in [-0.1, -0.05) is 29.3 Å². The summed E-state index contributed by atoms with van der Waals surface area (Å²) in [5.74, 6) is -0.460. The molecule has 122 valence electrons. The molecule has 0 amide bonds. The fourth-order valence-electron chi connectivity index (χ4n) is 2.75. The van der Waals surface area contributed by atoms with Crippen molar-refractivity contribution in [3.8, 4) is 5.75 Å². The summed E-state index contributed by atoms with van der Waals surface area (Å²) < 4.78 is 5.70. The first-order chi connectivity index (χ1) is 10.8. The van der Waals surface area contributed by atoms with Gasteiger partial charge in [-0.2, -0.15) is 0 Å². The van der Waals surface area contributed by atoms with Crippen LogP contribution in [0.5, 0.6) is 5.75 Å². The summed E-state index contributed by atoms with van der Waals surface area (Å²) >= 11 is 5.99. The predicted octanol–water partition coefficient (Wildman–Crippen LogP) is 4.65. The summed E-state index contributed by atoms with van der Waals surface area (Å²) in [7, 11) is 0. The highest BCUT2D eigenvalue weighted by atomic mass is 35.5. The molecule has 3 nitrogen and oxygen atoms in total. The Morgan fingerprint density at radius 1 is 1.09 bits per heavy atom. The molecular formula is C19H21ClO3. The molecule has 0 aliphatic heterocycles. The highest BCUT2D eigenvalue weighted by Crippen LogP contribution is 2.24. The molecule has 0 bridgehead atoms. The third kappa shape index (κ3) is 4.26. The van der Waals surface area contributed by atoms with Crippen LogP contribution in [0, 0.1) is 27.7 Å². The van der Waals surface area contributed by atoms with E-state index >= 15 is 0 Å². The first-order valence-electron chi connectivity index (χ1n) is 7.50. The largest absolute Gasteiger partial charge is 0.478 e. The Labute approximate surface area is 141 Å². The first kappa shape index (κ1) is 17.4. The van der Waals surface area contributed by atoms with Gasteiger partial charge in [-0.3, -0.25) is 0 Å². The average Bonchev–Trinajstić information content (AvgIpc) is 2.45. The van der Waals surface area contributed by atoms with Crippen LogP contribution in [0.4, 0.5) is 0 Å². The Morgan fingerprint density at radius 3 is 2.22 bits per heavy atom. The third-order valence-corrected chi connectivity index (χ3v) is 4.34. The molecule has 2 rings (SSSR count). The number of aliphatic carboxylic acids is 1. The van der Waals surface area contributed by atoms with Crippen molar-refractivity contribution in [1.82, 2.24) is 0 Å². The average molecular weight is 333 g/mol. The van der Waals surface area contributed by atoms with E-state index in [1.54, 1.807) is 18.2 Å². The van der Waals surface area contributed by atoms with Gasteiger partial charge in [-0.25, -0.2) is 4.79 Å². The molecule has 0 aliphatic carbocycles. The molecule has 0 aliphatic rings. The zero-order valence-corrected chi connectivity index (χ0v) is 14.6. The smallest absolute Gasteiger partial charge is 0.345 e. The summed E-state index contributed by atoms with van der Waals surface area (Å²) in [6, 6.07) is 9.29. The minimum atomic E-state index is -0.975. The quantitative estimate of drug-likeness (QED) is 0.867. The van der Waals surface area contributed by atoms with Crippen LogP contribution in [0.15, 0.2) is 30.3 Å². The fourth-order valence-corrected chi connectivity index (χ4v) is 2.87. The Kier molecular flexibility index (Phi) is 5.32. The normalized spacial score (nSPS) is 12.0. The van der Waals surface area contributed by atoms with Crippen molar-refractivity contribution >= 4 is 17.6 Å². The molecule has 23 heavy (non-hydrogen) atoms. The van der Waals surface area contributed by atoms with Crippen molar-refractivity contribution in [1.29, 1.82) is 0 Å². The third-order valence-electron chi connectivity index (χ3n) is 3.91. The van der Waals surface area contributed by atoms with E-state index in [0.717, 1.165) is 22.3 Å². The van der Waals surface area contributed by atoms with E-state index in [-0.39, 0.29) is 0 Å². The lowest BCUT2D eigenvalue weighted by molar-refractivity contribution is -0.145. The summed E-state index contributed by atoms with van der Waals surface area (Å²) in [5, 5.41) is 10.1. The van der Waals surface area contributed by atoms with Gasteiger partial charge in [0.25, 0.3) is 0 Å². The molecule has 0 saturated carbocycles. The van der Waals surface area contributed by atoms with Gasteiger partial charge >= 0.3 is 5.97 Å². The molecule has 2 aromatic carbocycles. The molecule has 0 unspecified atom stereocenters. The number of hydrogen-bond donors (Lipinski definition) is 1. The molecule has 0 saturated heterocycles. The van der Waals surface area contributed by atoms with E-state index in [4.69, 9.17) is 16.3 Å². The molecule has 0 fully saturated rings. The Balaban J connectivity index is 2.26. The van der Waals surface area contributed by atoms with Crippen LogP contribution in [0.1, 0.15) is 27.8 Å². The van der Waals surface area contributed by atoms with Gasteiger partial charge in [-0.15, -0.1) is 0 Å². The van der Waals surface area contributed by atoms with Gasteiger partial charge in [0, 0.05) is 11.4 Å². The van der Waals surface area contributed by atoms with Gasteiger partial charge in [-0.05, 0) is 68.1 Å². The summed E-state index contributed by atoms with van der Waals surface area (Å²) in [5.41, 5.74) is 5.23. The number of carboxylic acids is 1. The first-order valence-corrected chi connectivity index (χ1v) is 7.88. The molecular weight excluding hydrogens is 312 g/mol. The molecule has 0 radical (unpaired) electrons. The van der Waals surface area contributed by atoms with E-state index in [1.807, 2.05) is 27.7 Å². The van der Waals surface area contributed by atoms with Crippen molar-refractivity contribution in [2.45, 2.75) is 40.2 Å². The molecule has 0 spiro atoms. The van der Waals surface area contributed by atoms with Crippen molar-refractivity contribution < 1.29 is 14.6 Å². The van der Waals surface area contributed by atoms with Crippen molar-refractivity contribution in [3.05, 3.63) is 63.2 Å². The molecule has 0 aromatic heterocycles. The second-order valence-corrected chi connectivity index (χ2v) is 6.34. The number of aryl methyl sites for hydroxylation is 4. The van der Waals surface area contributed by atoms with E-state index in [9.17, 15) is 9.90 Å². The van der Waals surface area contributed by atoms with Gasteiger partial charge in [0.1, 0.15) is 5.75 Å². The van der Waals surface area contributed by atoms with Crippen LogP contribution in [-0.2, 0) is 11.2 Å². The second-order valence-electron chi connectivity index (χ2n) is 5.94. The molecule has 1 atom stereocenters. The van der Waals surface area contributed by atoms with Crippen molar-refractivity contribution in [2.24, 2.45) is 0 Å². The highest BCUT2D eigenvalue weighted by molar-refractivity contribution is 6.31. The van der Waals surface area contributed by atoms with Gasteiger partial charge in [0.2, 0.25) is 0 Å². The van der Waals surface area contributed by atoms with Gasteiger partial charge in [0.05, 0.1) is 0 Å². The van der Waals surface area contributed by atoms with E-state index in [1.165, 1.54) is 5.56 Å². The Hall–Kier alpha value is -2.00. The molecule has 0 heterocycles. The van der Waals surface area contributed by atoms with Crippen LogP contribution in [0.25, 0.3) is 0 Å². The summed E-state index contributed by atoms with van der Waals surface area (Å²) in [6.07, 6.45) is -0.606. The lowest BCUT2D eigenvalue weighted by Gasteiger charge is -2.19. The van der Waals surface area contributed by atoms with Crippen molar-refractivity contribution in [3.63, 3.8) is 0 Å². The van der Waals surface area contributed by atoms with Gasteiger partial charge < -0.3 is 9.84 Å². The van der Waals surface area contributed by atoms with E-state index in [2.05, 4.69) is 12.1 Å². The lowest BCUT2D eigenvalue weighted by atomic mass is 9.95. The van der Waals surface area contributed by atoms with Crippen LogP contribution >= 0.6 is 11.6 Å². The predicted molar refractivity (Wildman–Crippen MR) is 92.6 cm³/mol. The SMILES string of the molecule is Cc1cc(C)c(C[C@H](Oc2ccc(Cl)c(C)c2)C(=O)O)c(C)c1. The molecule has 2 aromatic rings. The minimum Gasteiger partial charge on any atom is -0.478 e. The lowest BCUT2D eigenvalue weighted by Crippen LogP contribution is -2.30. The standard InChI is InChI=1S/C19H21ClO3/c1-11-7-12(2)16(13(3)8-11)10-18(19(21)22)23-15-5-6-17(20)14(4)9-15/h5-9,18H,10H2,1-4H3,(H,21,22)/t18-/m0/s1. The maximum Gasteiger partial charge on any atom is 0.345 e. The van der Waals surface area contributed by atoms with Crippen LogP contribution in [0.2, 0.25) is 5.02 Å². The number of carboxylic acid groups (broad SMARTS) is 1. The minimum absolute atomic E-state index is 0.328.